The number of hydrogen-bond donors (Lipinski definition) is 0. The van der Waals surface area contributed by atoms with Gasteiger partial charge < -0.3 is 9.47 Å². The smallest absolute Gasteiger partial charge is 0.273 e. The van der Waals surface area contributed by atoms with Gasteiger partial charge in [-0.15, -0.1) is 0 Å². The number of methoxy groups -OCH3 is 1. The average molecular weight is 431 g/mol. The first-order valence-corrected chi connectivity index (χ1v) is 11.5. The summed E-state index contributed by atoms with van der Waals surface area (Å²) >= 11 is 1.41. The van der Waals surface area contributed by atoms with E-state index in [1.54, 1.807) is 7.11 Å². The predicted molar refractivity (Wildman–Crippen MR) is 109 cm³/mol. The Morgan fingerprint density at radius 1 is 1.28 bits per heavy atom. The number of fused-ring (bicyclic) bond motifs is 1. The molecule has 29 heavy (non-hydrogen) atoms. The van der Waals surface area contributed by atoms with Crippen molar-refractivity contribution < 1.29 is 23.0 Å². The number of Topliss-reactive ketones (excluding diaryl/α,β-unsaturated/α-hetero) is 1. The highest BCUT2D eigenvalue weighted by Gasteiger charge is 2.25. The number of aromatic nitrogens is 1. The van der Waals surface area contributed by atoms with Gasteiger partial charge in [-0.1, -0.05) is 24.2 Å². The molecule has 5 nitrogen and oxygen atoms in total. The molecule has 1 aromatic rings. The number of alkyl halides is 2. The van der Waals surface area contributed by atoms with Gasteiger partial charge in [-0.3, -0.25) is 9.69 Å². The summed E-state index contributed by atoms with van der Waals surface area (Å²) in [5, 5.41) is 0.371. The van der Waals surface area contributed by atoms with Crippen LogP contribution in [0.5, 0.6) is 5.19 Å². The van der Waals surface area contributed by atoms with Crippen molar-refractivity contribution in [3.63, 3.8) is 0 Å². The van der Waals surface area contributed by atoms with E-state index in [0.29, 0.717) is 36.3 Å². The van der Waals surface area contributed by atoms with Crippen LogP contribution in [0.4, 0.5) is 8.78 Å². The van der Waals surface area contributed by atoms with Gasteiger partial charge in [0.25, 0.3) is 11.6 Å². The number of rotatable bonds is 11. The lowest BCUT2D eigenvalue weighted by Gasteiger charge is -2.31. The Hall–Kier alpha value is -1.12. The van der Waals surface area contributed by atoms with Crippen molar-refractivity contribution in [1.82, 2.24) is 9.88 Å². The number of thiazole rings is 1. The highest BCUT2D eigenvalue weighted by atomic mass is 32.1. The molecular weight excluding hydrogens is 398 g/mol. The van der Waals surface area contributed by atoms with Crippen LogP contribution in [0, 0.1) is 11.8 Å². The summed E-state index contributed by atoms with van der Waals surface area (Å²) in [4.78, 5) is 19.9. The first kappa shape index (κ1) is 22.6. The molecule has 0 amide bonds. The Labute approximate surface area is 175 Å². The third kappa shape index (κ3) is 7.26. The van der Waals surface area contributed by atoms with Crippen LogP contribution < -0.4 is 4.74 Å². The Kier molecular flexibility index (Phi) is 8.81. The van der Waals surface area contributed by atoms with Gasteiger partial charge in [0.05, 0.1) is 12.3 Å². The SMILES string of the molecule is COCCC(=O)CC1CCC(CCN2CCc3sc(OCC(F)F)nc3C2)CC1. The second kappa shape index (κ2) is 11.3. The van der Waals surface area contributed by atoms with Gasteiger partial charge in [-0.2, -0.15) is 0 Å². The lowest BCUT2D eigenvalue weighted by atomic mass is 9.78. The van der Waals surface area contributed by atoms with Gasteiger partial charge in [-0.05, 0) is 44.1 Å². The molecule has 0 spiro atoms. The zero-order valence-corrected chi connectivity index (χ0v) is 18.0. The van der Waals surface area contributed by atoms with E-state index in [1.807, 2.05) is 0 Å². The highest BCUT2D eigenvalue weighted by molar-refractivity contribution is 7.13. The van der Waals surface area contributed by atoms with Crippen molar-refractivity contribution >= 4 is 17.1 Å². The number of nitrogens with zero attached hydrogens (tertiary/aromatic N) is 2. The van der Waals surface area contributed by atoms with Crippen molar-refractivity contribution in [1.29, 1.82) is 0 Å². The van der Waals surface area contributed by atoms with Gasteiger partial charge in [0.15, 0.2) is 6.61 Å². The normalized spacial score (nSPS) is 22.6. The van der Waals surface area contributed by atoms with Gasteiger partial charge >= 0.3 is 0 Å². The van der Waals surface area contributed by atoms with Gasteiger partial charge in [-0.25, -0.2) is 13.8 Å². The fourth-order valence-corrected chi connectivity index (χ4v) is 5.26. The van der Waals surface area contributed by atoms with Crippen molar-refractivity contribution in [2.45, 2.75) is 64.3 Å². The van der Waals surface area contributed by atoms with E-state index < -0.39 is 13.0 Å². The molecule has 0 bridgehead atoms. The maximum atomic E-state index is 12.3. The number of hydrogen-bond acceptors (Lipinski definition) is 6. The molecular formula is C21H32F2N2O3S. The maximum absolute atomic E-state index is 12.3. The fourth-order valence-electron chi connectivity index (χ4n) is 4.35. The van der Waals surface area contributed by atoms with Crippen LogP contribution in [-0.2, 0) is 22.5 Å². The molecule has 0 saturated heterocycles. The van der Waals surface area contributed by atoms with E-state index in [-0.39, 0.29) is 0 Å². The summed E-state index contributed by atoms with van der Waals surface area (Å²) in [6.45, 7) is 2.77. The molecule has 2 heterocycles. The molecule has 0 aromatic carbocycles. The molecule has 2 aliphatic rings. The van der Waals surface area contributed by atoms with Crippen LogP contribution in [0.3, 0.4) is 0 Å². The minimum atomic E-state index is -2.47. The van der Waals surface area contributed by atoms with Crippen LogP contribution in [0.1, 0.15) is 55.5 Å². The molecule has 1 fully saturated rings. The van der Waals surface area contributed by atoms with E-state index in [1.165, 1.54) is 35.5 Å². The molecule has 1 aliphatic heterocycles. The van der Waals surface area contributed by atoms with E-state index in [0.717, 1.165) is 50.5 Å². The summed E-state index contributed by atoms with van der Waals surface area (Å²) in [6, 6.07) is 0. The van der Waals surface area contributed by atoms with Gasteiger partial charge in [0.1, 0.15) is 5.78 Å². The average Bonchev–Trinajstić information content (AvgIpc) is 3.12. The van der Waals surface area contributed by atoms with Crippen LogP contribution in [0.15, 0.2) is 0 Å². The molecule has 0 atom stereocenters. The minimum Gasteiger partial charge on any atom is -0.464 e. The van der Waals surface area contributed by atoms with E-state index in [4.69, 9.17) is 9.47 Å². The number of carbonyl (C=O) groups is 1. The van der Waals surface area contributed by atoms with E-state index in [9.17, 15) is 13.6 Å². The predicted octanol–water partition coefficient (Wildman–Crippen LogP) is 4.34. The van der Waals surface area contributed by atoms with Crippen molar-refractivity contribution in [2.75, 3.05) is 33.4 Å². The Morgan fingerprint density at radius 3 is 2.76 bits per heavy atom. The minimum absolute atomic E-state index is 0.333. The maximum Gasteiger partial charge on any atom is 0.273 e. The van der Waals surface area contributed by atoms with Crippen LogP contribution >= 0.6 is 11.3 Å². The molecule has 1 aliphatic carbocycles. The Balaban J connectivity index is 1.35. The molecule has 1 saturated carbocycles. The molecule has 0 N–H and O–H groups in total. The summed E-state index contributed by atoms with van der Waals surface area (Å²) in [6.07, 6.45) is 5.62. The van der Waals surface area contributed by atoms with E-state index in [2.05, 4.69) is 9.88 Å². The molecule has 0 unspecified atom stereocenters. The summed E-state index contributed by atoms with van der Waals surface area (Å²) in [5.74, 6) is 1.62. The van der Waals surface area contributed by atoms with Crippen LogP contribution in [0.2, 0.25) is 0 Å². The highest BCUT2D eigenvalue weighted by Crippen LogP contribution is 2.34. The third-order valence-corrected chi connectivity index (χ3v) is 7.11. The lowest BCUT2D eigenvalue weighted by molar-refractivity contribution is -0.121. The second-order valence-corrected chi connectivity index (χ2v) is 9.29. The summed E-state index contributed by atoms with van der Waals surface area (Å²) in [5.41, 5.74) is 0.990. The largest absolute Gasteiger partial charge is 0.464 e. The topological polar surface area (TPSA) is 51.7 Å². The molecule has 164 valence electrons. The summed E-state index contributed by atoms with van der Waals surface area (Å²) in [7, 11) is 1.64. The monoisotopic (exact) mass is 430 g/mol. The number of ketones is 1. The van der Waals surface area contributed by atoms with E-state index >= 15 is 0 Å². The van der Waals surface area contributed by atoms with Crippen molar-refractivity contribution in [3.05, 3.63) is 10.6 Å². The van der Waals surface area contributed by atoms with Crippen molar-refractivity contribution in [2.24, 2.45) is 11.8 Å². The first-order chi connectivity index (χ1) is 14.0. The lowest BCUT2D eigenvalue weighted by Crippen LogP contribution is -2.32. The van der Waals surface area contributed by atoms with Crippen LogP contribution in [0.25, 0.3) is 0 Å². The number of carbonyl (C=O) groups excluding carboxylic acids is 1. The quantitative estimate of drug-likeness (QED) is 0.523. The number of halogens is 2. The van der Waals surface area contributed by atoms with Crippen LogP contribution in [-0.4, -0.2) is 55.5 Å². The van der Waals surface area contributed by atoms with Crippen molar-refractivity contribution in [3.8, 4) is 5.19 Å². The molecule has 1 aromatic heterocycles. The zero-order valence-electron chi connectivity index (χ0n) is 17.2. The van der Waals surface area contributed by atoms with Gasteiger partial charge in [0.2, 0.25) is 0 Å². The molecule has 0 radical (unpaired) electrons. The third-order valence-electron chi connectivity index (χ3n) is 6.04. The molecule has 8 heteroatoms. The van der Waals surface area contributed by atoms with Gasteiger partial charge in [0, 0.05) is 37.9 Å². The Bertz CT molecular complexity index is 648. The zero-order chi connectivity index (χ0) is 20.6. The second-order valence-electron chi connectivity index (χ2n) is 8.24. The first-order valence-electron chi connectivity index (χ1n) is 10.7. The summed E-state index contributed by atoms with van der Waals surface area (Å²) < 4.78 is 34.7. The Morgan fingerprint density at radius 2 is 2.03 bits per heavy atom. The fraction of sp³-hybridized carbons (Fsp3) is 0.810. The number of ether oxygens (including phenoxy) is 2. The standard InChI is InChI=1S/C21H32F2N2O3S/c1-27-11-8-17(26)12-16-4-2-15(3-5-16)6-9-25-10-7-19-18(13-25)24-21(29-19)28-14-20(22)23/h15-16,20H,2-14H2,1H3. The molecule has 3 rings (SSSR count).